The Labute approximate surface area is 186 Å². The lowest BCUT2D eigenvalue weighted by Gasteiger charge is -2.26. The van der Waals surface area contributed by atoms with Crippen molar-refractivity contribution in [3.8, 4) is 11.1 Å². The number of rotatable bonds is 10. The van der Waals surface area contributed by atoms with Crippen LogP contribution in [0.25, 0.3) is 11.1 Å². The zero-order valence-corrected chi connectivity index (χ0v) is 18.0. The third-order valence-electron chi connectivity index (χ3n) is 5.52. The van der Waals surface area contributed by atoms with Crippen molar-refractivity contribution in [1.82, 2.24) is 10.2 Å². The van der Waals surface area contributed by atoms with Crippen LogP contribution >= 0.6 is 0 Å². The van der Waals surface area contributed by atoms with E-state index in [1.807, 2.05) is 55.5 Å². The standard InChI is InChI=1S/C24H28N2O6/c1-2-7-21(23(30)26(12-13-27)14-22(28)29)25-24(31)32-15-20-18-10-5-3-8-16(18)17-9-4-6-11-19(17)20/h3-6,8-11,20-21,27H,2,7,12-15H2,1H3,(H,25,31)(H,28,29)/t21-/m1/s1. The minimum atomic E-state index is -1.19. The van der Waals surface area contributed by atoms with Crippen LogP contribution in [-0.2, 0) is 14.3 Å². The van der Waals surface area contributed by atoms with Crippen molar-refractivity contribution in [1.29, 1.82) is 0 Å². The molecule has 0 saturated heterocycles. The van der Waals surface area contributed by atoms with Gasteiger partial charge in [-0.3, -0.25) is 9.59 Å². The Morgan fingerprint density at radius 1 is 1.06 bits per heavy atom. The summed E-state index contributed by atoms with van der Waals surface area (Å²) in [5.41, 5.74) is 4.39. The molecule has 1 aliphatic carbocycles. The number of carbonyl (C=O) groups is 3. The molecular formula is C24H28N2O6. The molecule has 0 fully saturated rings. The van der Waals surface area contributed by atoms with Crippen LogP contribution in [0, 0.1) is 0 Å². The van der Waals surface area contributed by atoms with Gasteiger partial charge in [-0.05, 0) is 28.7 Å². The minimum Gasteiger partial charge on any atom is -0.480 e. The highest BCUT2D eigenvalue weighted by Crippen LogP contribution is 2.44. The largest absolute Gasteiger partial charge is 0.480 e. The number of aliphatic hydroxyl groups excluding tert-OH is 1. The maximum absolute atomic E-state index is 12.8. The van der Waals surface area contributed by atoms with Crippen LogP contribution in [-0.4, -0.2) is 65.4 Å². The Morgan fingerprint density at radius 2 is 1.66 bits per heavy atom. The normalized spacial score (nSPS) is 13.1. The number of benzene rings is 2. The second kappa shape index (κ2) is 10.8. The number of nitrogens with one attached hydrogen (secondary N) is 1. The number of hydrogen-bond donors (Lipinski definition) is 3. The Balaban J connectivity index is 1.67. The monoisotopic (exact) mass is 440 g/mol. The van der Waals surface area contributed by atoms with Crippen LogP contribution in [0.1, 0.15) is 36.8 Å². The van der Waals surface area contributed by atoms with Crippen LogP contribution in [0.4, 0.5) is 4.79 Å². The molecule has 0 saturated carbocycles. The van der Waals surface area contributed by atoms with Gasteiger partial charge in [-0.15, -0.1) is 0 Å². The summed E-state index contributed by atoms with van der Waals surface area (Å²) in [5.74, 6) is -1.86. The molecule has 3 N–H and O–H groups in total. The van der Waals surface area contributed by atoms with E-state index in [0.717, 1.165) is 27.2 Å². The molecule has 0 heterocycles. The average Bonchev–Trinajstić information content (AvgIpc) is 3.10. The lowest BCUT2D eigenvalue weighted by atomic mass is 9.98. The molecule has 8 heteroatoms. The van der Waals surface area contributed by atoms with Crippen LogP contribution < -0.4 is 5.32 Å². The minimum absolute atomic E-state index is 0.105. The molecule has 2 amide bonds. The van der Waals surface area contributed by atoms with Gasteiger partial charge < -0.3 is 25.2 Å². The van der Waals surface area contributed by atoms with Crippen molar-refractivity contribution >= 4 is 18.0 Å². The predicted molar refractivity (Wildman–Crippen MR) is 118 cm³/mol. The summed E-state index contributed by atoms with van der Waals surface area (Å²) in [6.45, 7) is 0.919. The smallest absolute Gasteiger partial charge is 0.407 e. The number of nitrogens with zero attached hydrogens (tertiary/aromatic N) is 1. The fourth-order valence-electron chi connectivity index (χ4n) is 4.10. The van der Waals surface area contributed by atoms with E-state index >= 15 is 0 Å². The van der Waals surface area contributed by atoms with Gasteiger partial charge >= 0.3 is 12.1 Å². The Morgan fingerprint density at radius 3 is 2.19 bits per heavy atom. The average molecular weight is 440 g/mol. The SMILES string of the molecule is CCC[C@@H](NC(=O)OCC1c2ccccc2-c2ccccc21)C(=O)N(CCO)CC(=O)O. The molecule has 1 aliphatic rings. The molecule has 0 unspecified atom stereocenters. The van der Waals surface area contributed by atoms with Gasteiger partial charge in [0.2, 0.25) is 5.91 Å². The number of carboxylic acids is 1. The molecule has 2 aromatic rings. The third kappa shape index (κ3) is 5.26. The first-order valence-corrected chi connectivity index (χ1v) is 10.7. The molecule has 0 aliphatic heterocycles. The van der Waals surface area contributed by atoms with Crippen molar-refractivity contribution in [3.05, 3.63) is 59.7 Å². The molecule has 0 aromatic heterocycles. The third-order valence-corrected chi connectivity index (χ3v) is 5.52. The summed E-state index contributed by atoms with van der Waals surface area (Å²) in [4.78, 5) is 37.4. The van der Waals surface area contributed by atoms with E-state index in [9.17, 15) is 14.4 Å². The van der Waals surface area contributed by atoms with Gasteiger partial charge in [-0.2, -0.15) is 0 Å². The summed E-state index contributed by atoms with van der Waals surface area (Å²) in [6.07, 6.45) is 0.183. The lowest BCUT2D eigenvalue weighted by molar-refractivity contribution is -0.145. The summed E-state index contributed by atoms with van der Waals surface area (Å²) in [6, 6.07) is 15.0. The highest BCUT2D eigenvalue weighted by atomic mass is 16.5. The molecule has 2 aromatic carbocycles. The number of fused-ring (bicyclic) bond motifs is 3. The fourth-order valence-corrected chi connectivity index (χ4v) is 4.10. The van der Waals surface area contributed by atoms with E-state index in [1.165, 1.54) is 0 Å². The molecule has 0 spiro atoms. The summed E-state index contributed by atoms with van der Waals surface area (Å²) >= 11 is 0. The fraction of sp³-hybridized carbons (Fsp3) is 0.375. The van der Waals surface area contributed by atoms with Crippen molar-refractivity contribution in [3.63, 3.8) is 0 Å². The van der Waals surface area contributed by atoms with Gasteiger partial charge in [0.25, 0.3) is 0 Å². The van der Waals surface area contributed by atoms with Crippen LogP contribution in [0.15, 0.2) is 48.5 Å². The zero-order chi connectivity index (χ0) is 23.1. The Bertz CT molecular complexity index is 931. The number of amides is 2. The number of aliphatic carboxylic acids is 1. The second-order valence-corrected chi connectivity index (χ2v) is 7.69. The van der Waals surface area contributed by atoms with Gasteiger partial charge in [-0.25, -0.2) is 4.79 Å². The number of carbonyl (C=O) groups excluding carboxylic acids is 2. The molecule has 0 radical (unpaired) electrons. The van der Waals surface area contributed by atoms with Gasteiger partial charge in [-0.1, -0.05) is 61.9 Å². The molecule has 170 valence electrons. The molecule has 3 rings (SSSR count). The van der Waals surface area contributed by atoms with Crippen molar-refractivity contribution in [2.24, 2.45) is 0 Å². The predicted octanol–water partition coefficient (Wildman–Crippen LogP) is 2.60. The maximum atomic E-state index is 12.8. The first-order valence-electron chi connectivity index (χ1n) is 10.7. The van der Waals surface area contributed by atoms with E-state index < -0.39 is 30.6 Å². The zero-order valence-electron chi connectivity index (χ0n) is 18.0. The van der Waals surface area contributed by atoms with Gasteiger partial charge in [0.15, 0.2) is 0 Å². The first-order chi connectivity index (χ1) is 15.5. The summed E-state index contributed by atoms with van der Waals surface area (Å²) in [5, 5.41) is 20.8. The topological polar surface area (TPSA) is 116 Å². The quantitative estimate of drug-likeness (QED) is 0.523. The van der Waals surface area contributed by atoms with Crippen molar-refractivity contribution in [2.75, 3.05) is 26.3 Å². The molecule has 0 bridgehead atoms. The first kappa shape index (κ1) is 23.3. The van der Waals surface area contributed by atoms with E-state index in [2.05, 4.69) is 5.32 Å². The molecule has 1 atom stereocenters. The number of hydrogen-bond acceptors (Lipinski definition) is 5. The van der Waals surface area contributed by atoms with Gasteiger partial charge in [0.1, 0.15) is 19.2 Å². The highest BCUT2D eigenvalue weighted by molar-refractivity contribution is 5.88. The van der Waals surface area contributed by atoms with E-state index in [0.29, 0.717) is 12.8 Å². The number of aliphatic hydroxyl groups is 1. The van der Waals surface area contributed by atoms with Crippen molar-refractivity contribution < 1.29 is 29.3 Å². The van der Waals surface area contributed by atoms with E-state index in [4.69, 9.17) is 14.9 Å². The van der Waals surface area contributed by atoms with Crippen molar-refractivity contribution in [2.45, 2.75) is 31.7 Å². The molecular weight excluding hydrogens is 412 g/mol. The van der Waals surface area contributed by atoms with Gasteiger partial charge in [0.05, 0.1) is 6.61 Å². The van der Waals surface area contributed by atoms with Gasteiger partial charge in [0, 0.05) is 12.5 Å². The number of alkyl carbamates (subject to hydrolysis) is 1. The molecule has 8 nitrogen and oxygen atoms in total. The Kier molecular flexibility index (Phi) is 7.83. The van der Waals surface area contributed by atoms with Crippen LogP contribution in [0.5, 0.6) is 0 Å². The lowest BCUT2D eigenvalue weighted by Crippen LogP contribution is -2.50. The van der Waals surface area contributed by atoms with E-state index in [1.54, 1.807) is 0 Å². The van der Waals surface area contributed by atoms with Crippen LogP contribution in [0.2, 0.25) is 0 Å². The van der Waals surface area contributed by atoms with E-state index in [-0.39, 0.29) is 25.7 Å². The number of carboxylic acid groups (broad SMARTS) is 1. The highest BCUT2D eigenvalue weighted by Gasteiger charge is 2.30. The second-order valence-electron chi connectivity index (χ2n) is 7.69. The number of ether oxygens (including phenoxy) is 1. The summed E-state index contributed by atoms with van der Waals surface area (Å²) < 4.78 is 5.50. The Hall–Kier alpha value is -3.39. The maximum Gasteiger partial charge on any atom is 0.407 e. The van der Waals surface area contributed by atoms with Crippen LogP contribution in [0.3, 0.4) is 0 Å². The molecule has 32 heavy (non-hydrogen) atoms. The summed E-state index contributed by atoms with van der Waals surface area (Å²) in [7, 11) is 0.